The number of hydrogen-bond acceptors (Lipinski definition) is 18. The van der Waals surface area contributed by atoms with Crippen molar-refractivity contribution < 1.29 is 86.4 Å². The van der Waals surface area contributed by atoms with Crippen molar-refractivity contribution in [3.63, 3.8) is 0 Å². The Kier molecular flexibility index (Phi) is 42.6. The maximum atomic E-state index is 12.8. The molecule has 14 fully saturated rings. The minimum Gasteiger partial charge on any atom is -0.462 e. The average molecular weight is 1520 g/mol. The molecule has 8 atom stereocenters. The highest BCUT2D eigenvalue weighted by Crippen LogP contribution is 2.63. The Morgan fingerprint density at radius 1 is 0.509 bits per heavy atom. The van der Waals surface area contributed by atoms with Crippen LogP contribution in [-0.4, -0.2) is 124 Å². The Morgan fingerprint density at radius 3 is 1.35 bits per heavy atom. The summed E-state index contributed by atoms with van der Waals surface area (Å²) >= 11 is 0. The molecule has 2 N–H and O–H groups in total. The Morgan fingerprint density at radius 2 is 0.934 bits per heavy atom. The summed E-state index contributed by atoms with van der Waals surface area (Å²) < 4.78 is 50.4. The van der Waals surface area contributed by atoms with Crippen LogP contribution in [0.3, 0.4) is 0 Å². The van der Waals surface area contributed by atoms with Crippen LogP contribution in [0.25, 0.3) is 0 Å². The fourth-order valence-electron chi connectivity index (χ4n) is 17.9. The second kappa shape index (κ2) is 41.6. The first kappa shape index (κ1) is 108. The quantitative estimate of drug-likeness (QED) is 0.0850. The zero-order chi connectivity index (χ0) is 71.6. The molecule has 18 heteroatoms. The van der Waals surface area contributed by atoms with Gasteiger partial charge in [0.05, 0.1) is 50.8 Å². The van der Waals surface area contributed by atoms with Gasteiger partial charge in [0.1, 0.15) is 41.7 Å². The van der Waals surface area contributed by atoms with Crippen LogP contribution in [-0.2, 0) is 76.2 Å². The van der Waals surface area contributed by atoms with Gasteiger partial charge in [-0.25, -0.2) is 4.79 Å². The molecule has 14 aliphatic rings. The number of ether oxygens (including phenoxy) is 9. The van der Waals surface area contributed by atoms with Crippen molar-refractivity contribution in [1.82, 2.24) is 0 Å². The molecule has 630 valence electrons. The van der Waals surface area contributed by atoms with E-state index in [0.29, 0.717) is 56.0 Å². The highest BCUT2D eigenvalue weighted by Gasteiger charge is 2.65. The molecule has 0 radical (unpaired) electrons. The molecule has 0 amide bonds. The Bertz CT molecular complexity index is 2670. The number of hydrogen-bond donors (Lipinski definition) is 2. The normalized spacial score (nSPS) is 31.4. The van der Waals surface area contributed by atoms with Crippen LogP contribution in [0.15, 0.2) is 0 Å². The monoisotopic (exact) mass is 1520 g/mol. The van der Waals surface area contributed by atoms with Crippen LogP contribution in [0, 0.1) is 80.3 Å². The molecule has 3 heterocycles. The molecule has 14 rings (SSSR count). The van der Waals surface area contributed by atoms with Crippen molar-refractivity contribution in [1.29, 1.82) is 0 Å². The molecule has 106 heavy (non-hydrogen) atoms. The molecule has 18 nitrogen and oxygen atoms in total. The molecular weight excluding hydrogens is 1340 g/mol. The lowest BCUT2D eigenvalue weighted by molar-refractivity contribution is -0.264. The van der Waals surface area contributed by atoms with Crippen molar-refractivity contribution in [2.45, 2.75) is 425 Å². The van der Waals surface area contributed by atoms with Gasteiger partial charge in [0.15, 0.2) is 12.4 Å². The summed E-state index contributed by atoms with van der Waals surface area (Å²) in [4.78, 5) is 84.9. The van der Waals surface area contributed by atoms with E-state index in [4.69, 9.17) is 42.6 Å². The second-order valence-electron chi connectivity index (χ2n) is 35.9. The number of carbonyl (C=O) groups is 7. The first-order chi connectivity index (χ1) is 44.4. The van der Waals surface area contributed by atoms with E-state index in [9.17, 15) is 43.8 Å². The van der Waals surface area contributed by atoms with Gasteiger partial charge in [-0.05, 0) is 266 Å². The zero-order valence-electron chi connectivity index (χ0n) is 63.2. The van der Waals surface area contributed by atoms with Gasteiger partial charge in [-0.2, -0.15) is 0 Å². The predicted molar refractivity (Wildman–Crippen MR) is 431 cm³/mol. The van der Waals surface area contributed by atoms with E-state index in [0.717, 1.165) is 102 Å². The van der Waals surface area contributed by atoms with Crippen molar-refractivity contribution in [3.05, 3.63) is 0 Å². The second-order valence-corrected chi connectivity index (χ2v) is 35.9. The topological polar surface area (TPSA) is 243 Å². The molecule has 0 spiro atoms. The van der Waals surface area contributed by atoms with E-state index < -0.39 is 56.9 Å². The highest BCUT2D eigenvalue weighted by molar-refractivity contribution is 5.80. The molecule has 0 aromatic carbocycles. The van der Waals surface area contributed by atoms with E-state index in [1.54, 1.807) is 13.8 Å². The van der Waals surface area contributed by atoms with Gasteiger partial charge >= 0.3 is 41.8 Å². The molecule has 3 saturated heterocycles. The average Bonchev–Trinajstić information content (AvgIpc) is 0.888. The molecular formula is C88H170O18. The maximum absolute atomic E-state index is 12.8. The number of aliphatic hydroxyl groups is 2. The van der Waals surface area contributed by atoms with Gasteiger partial charge in [-0.3, -0.25) is 28.8 Å². The molecule has 11 saturated carbocycles. The van der Waals surface area contributed by atoms with Gasteiger partial charge in [0.25, 0.3) is 0 Å². The van der Waals surface area contributed by atoms with Crippen molar-refractivity contribution >= 4 is 41.8 Å². The Balaban J connectivity index is -0.000000605. The SMILES string of the molecule is C.C.C.C.C.C.C.C.C.C.CCC(C)(C)C(=O)OC1(C(C)C)C2CC3CC(C2)CC1C3.CCC(C)(C)C(=O)OC12CC3CC(O)(CC(O)(C3)C1)C2.CCC(C)(C)C(=O)OCC(=O)OC1C2CC3CC(C2)C(=O)OC1C3.CCC(C)(C)C(=O)OCC1COC(C)(C)O1.CCC1(OC(=O)C(C)(C)CC)CCCC1. The third kappa shape index (κ3) is 25.6. The smallest absolute Gasteiger partial charge is 0.344 e. The van der Waals surface area contributed by atoms with Crippen LogP contribution < -0.4 is 0 Å². The summed E-state index contributed by atoms with van der Waals surface area (Å²) in [5.74, 6) is 2.34. The summed E-state index contributed by atoms with van der Waals surface area (Å²) in [5.41, 5.74) is -4.86. The first-order valence-electron chi connectivity index (χ1n) is 37.6. The summed E-state index contributed by atoms with van der Waals surface area (Å²) in [6.45, 7) is 39.8. The summed E-state index contributed by atoms with van der Waals surface area (Å²) in [6, 6.07) is 0. The van der Waals surface area contributed by atoms with E-state index in [-0.39, 0.29) is 169 Å². The van der Waals surface area contributed by atoms with E-state index in [2.05, 4.69) is 27.7 Å². The first-order valence-corrected chi connectivity index (χ1v) is 37.6. The third-order valence-corrected chi connectivity index (χ3v) is 25.4. The van der Waals surface area contributed by atoms with Crippen LogP contribution in [0.4, 0.5) is 0 Å². The summed E-state index contributed by atoms with van der Waals surface area (Å²) in [5, 5.41) is 21.3. The van der Waals surface area contributed by atoms with E-state index in [1.807, 2.05) is 96.9 Å². The zero-order valence-corrected chi connectivity index (χ0v) is 63.2. The highest BCUT2D eigenvalue weighted by atomic mass is 16.7. The molecule has 8 unspecified atom stereocenters. The number of esters is 7. The third-order valence-electron chi connectivity index (χ3n) is 25.4. The van der Waals surface area contributed by atoms with Crippen LogP contribution in [0.5, 0.6) is 0 Å². The van der Waals surface area contributed by atoms with Crippen molar-refractivity contribution in [2.24, 2.45) is 80.3 Å². The minimum absolute atomic E-state index is 0. The lowest BCUT2D eigenvalue weighted by Crippen LogP contribution is -2.67. The van der Waals surface area contributed by atoms with E-state index in [1.165, 1.54) is 44.9 Å². The fraction of sp³-hybridized carbons (Fsp3) is 0.920. The van der Waals surface area contributed by atoms with Crippen LogP contribution in [0.2, 0.25) is 0 Å². The predicted octanol–water partition coefficient (Wildman–Crippen LogP) is 21.4. The van der Waals surface area contributed by atoms with Gasteiger partial charge in [-0.1, -0.05) is 130 Å². The van der Waals surface area contributed by atoms with E-state index >= 15 is 0 Å². The van der Waals surface area contributed by atoms with Crippen LogP contribution >= 0.6 is 0 Å². The van der Waals surface area contributed by atoms with Crippen molar-refractivity contribution in [3.8, 4) is 0 Å². The number of rotatable bonds is 20. The standard InChI is InChI=1S/C19H32O2.C18H26O6.C16H26O4.C13H24O2.C12H22O4.10CH4/c1-6-18(4,5)17(20)21-19(12(2)3)15-8-13-7-14(10-15)11-16(19)9-13;1-4-18(2,3)17(21)22-9-14(19)24-15-11-5-10-6-12(8-11)16(20)23-13(15)7-10;1-4-13(2,3)12(17)20-16-7-11-5-14(18,9-16)8-15(19,6-11)10-16;1-5-12(3,4)11(14)15-13(6-2)9-7-8-10-13;1-6-11(2,3)10(13)14-7-9-8-15-12(4,5)16-9;;;;;;;;;;/h12-16H,6-11H2,1-5H3;10-13,15H,4-9H2,1-3H3;11,18-19H,4-10H2,1-3H3;5-10H2,1-4H3;9H,6-8H2,1-5H3;10*1H4. The largest absolute Gasteiger partial charge is 0.462 e. The lowest BCUT2D eigenvalue weighted by Gasteiger charge is -2.62. The maximum Gasteiger partial charge on any atom is 0.344 e. The molecule has 0 aromatic heterocycles. The Labute approximate surface area is 650 Å². The van der Waals surface area contributed by atoms with Crippen LogP contribution in [0.1, 0.15) is 373 Å². The fourth-order valence-corrected chi connectivity index (χ4v) is 17.9. The molecule has 3 aliphatic heterocycles. The van der Waals surface area contributed by atoms with Gasteiger partial charge < -0.3 is 52.8 Å². The summed E-state index contributed by atoms with van der Waals surface area (Å²) in [6.07, 6.45) is 22.1. The van der Waals surface area contributed by atoms with Gasteiger partial charge in [0.2, 0.25) is 0 Å². The molecule has 11 aliphatic carbocycles. The minimum atomic E-state index is -0.842. The lowest BCUT2D eigenvalue weighted by atomic mass is 9.47. The van der Waals surface area contributed by atoms with Gasteiger partial charge in [0, 0.05) is 25.2 Å². The van der Waals surface area contributed by atoms with Gasteiger partial charge in [-0.15, -0.1) is 0 Å². The number of carbonyl (C=O) groups excluding carboxylic acids is 7. The number of fused-ring (bicyclic) bond motifs is 1. The van der Waals surface area contributed by atoms with Crippen molar-refractivity contribution in [2.75, 3.05) is 19.8 Å². The molecule has 12 bridgehead atoms. The Hall–Kier alpha value is -3.87. The summed E-state index contributed by atoms with van der Waals surface area (Å²) in [7, 11) is 0. The molecule has 0 aromatic rings.